The fraction of sp³-hybridized carbons (Fsp3) is 0.143. The summed E-state index contributed by atoms with van der Waals surface area (Å²) >= 11 is 1.63. The van der Waals surface area contributed by atoms with Gasteiger partial charge in [-0.15, -0.1) is 11.3 Å². The first kappa shape index (κ1) is 22.8. The fourth-order valence-corrected chi connectivity index (χ4v) is 5.23. The zero-order valence-corrected chi connectivity index (χ0v) is 20.0. The zero-order valence-electron chi connectivity index (χ0n) is 19.2. The molecule has 1 aliphatic rings. The van der Waals surface area contributed by atoms with Gasteiger partial charge in [-0.3, -0.25) is 4.79 Å². The number of methoxy groups -OCH3 is 1. The summed E-state index contributed by atoms with van der Waals surface area (Å²) in [6, 6.07) is 20.3. The molecule has 0 bridgehead atoms. The average Bonchev–Trinajstić information content (AvgIpc) is 3.29. The van der Waals surface area contributed by atoms with Gasteiger partial charge in [0, 0.05) is 34.7 Å². The molecule has 6 nitrogen and oxygen atoms in total. The summed E-state index contributed by atoms with van der Waals surface area (Å²) in [5, 5.41) is 5.04. The highest BCUT2D eigenvalue weighted by molar-refractivity contribution is 7.13. The summed E-state index contributed by atoms with van der Waals surface area (Å²) in [7, 11) is 1.34. The van der Waals surface area contributed by atoms with Crippen LogP contribution in [0, 0.1) is 0 Å². The van der Waals surface area contributed by atoms with E-state index in [0.29, 0.717) is 46.8 Å². The van der Waals surface area contributed by atoms with Crippen LogP contribution in [0.2, 0.25) is 0 Å². The smallest absolute Gasteiger partial charge is 0.338 e. The van der Waals surface area contributed by atoms with E-state index in [1.54, 1.807) is 23.5 Å². The first-order valence-corrected chi connectivity index (χ1v) is 12.1. The minimum absolute atomic E-state index is 0.287. The lowest BCUT2D eigenvalue weighted by atomic mass is 9.92. The molecule has 0 unspecified atom stereocenters. The number of rotatable bonds is 5. The van der Waals surface area contributed by atoms with Crippen LogP contribution in [0.1, 0.15) is 31.8 Å². The molecule has 2 heterocycles. The van der Waals surface area contributed by atoms with Crippen LogP contribution >= 0.6 is 11.3 Å². The average molecular weight is 485 g/mol. The second-order valence-electron chi connectivity index (χ2n) is 8.16. The van der Waals surface area contributed by atoms with Crippen molar-refractivity contribution in [3.63, 3.8) is 0 Å². The van der Waals surface area contributed by atoms with Crippen LogP contribution in [-0.2, 0) is 17.7 Å². The molecule has 1 aromatic heterocycles. The monoisotopic (exact) mass is 484 g/mol. The number of thiophene rings is 1. The molecule has 3 aromatic carbocycles. The van der Waals surface area contributed by atoms with Crippen molar-refractivity contribution in [2.75, 3.05) is 19.0 Å². The topological polar surface area (TPSA) is 90.7 Å². The van der Waals surface area contributed by atoms with Crippen LogP contribution in [0.15, 0.2) is 72.1 Å². The Morgan fingerprint density at radius 2 is 1.80 bits per heavy atom. The van der Waals surface area contributed by atoms with Crippen LogP contribution in [0.25, 0.3) is 21.6 Å². The number of hydrogen-bond acceptors (Lipinski definition) is 6. The molecule has 3 N–H and O–H groups in total. The van der Waals surface area contributed by atoms with Crippen LogP contribution in [0.3, 0.4) is 0 Å². The maximum atomic E-state index is 13.6. The second kappa shape index (κ2) is 9.74. The highest BCUT2D eigenvalue weighted by Gasteiger charge is 2.25. The van der Waals surface area contributed by atoms with Crippen molar-refractivity contribution in [2.45, 2.75) is 13.0 Å². The van der Waals surface area contributed by atoms with Crippen LogP contribution in [0.4, 0.5) is 5.69 Å². The van der Waals surface area contributed by atoms with Crippen molar-refractivity contribution < 1.29 is 19.1 Å². The normalized spacial score (nSPS) is 12.1. The third-order valence-corrected chi connectivity index (χ3v) is 7.04. The van der Waals surface area contributed by atoms with Crippen LogP contribution in [-0.4, -0.2) is 25.6 Å². The Labute approximate surface area is 207 Å². The molecule has 5 rings (SSSR count). The molecule has 0 saturated carbocycles. The minimum atomic E-state index is -0.472. The lowest BCUT2D eigenvalue weighted by molar-refractivity contribution is 0.0601. The van der Waals surface area contributed by atoms with Gasteiger partial charge in [0.15, 0.2) is 0 Å². The summed E-state index contributed by atoms with van der Waals surface area (Å²) in [6.45, 7) is 0.963. The van der Waals surface area contributed by atoms with Gasteiger partial charge in [-0.05, 0) is 64.0 Å². The molecule has 1 amide bonds. The molecule has 176 valence electrons. The maximum Gasteiger partial charge on any atom is 0.338 e. The lowest BCUT2D eigenvalue weighted by Gasteiger charge is -2.17. The number of carbonyl (C=O) groups is 2. The first-order valence-electron chi connectivity index (χ1n) is 11.2. The quantitative estimate of drug-likeness (QED) is 0.364. The predicted molar refractivity (Wildman–Crippen MR) is 138 cm³/mol. The highest BCUT2D eigenvalue weighted by Crippen LogP contribution is 2.43. The van der Waals surface area contributed by atoms with Crippen molar-refractivity contribution in [1.29, 1.82) is 0 Å². The molecule has 7 heteroatoms. The molecule has 0 aliphatic carbocycles. The van der Waals surface area contributed by atoms with E-state index >= 15 is 0 Å². The summed E-state index contributed by atoms with van der Waals surface area (Å²) < 4.78 is 11.1. The predicted octanol–water partition coefficient (Wildman–Crippen LogP) is 5.51. The highest BCUT2D eigenvalue weighted by atomic mass is 32.1. The van der Waals surface area contributed by atoms with Crippen molar-refractivity contribution in [2.24, 2.45) is 5.73 Å². The molecule has 0 atom stereocenters. The Balaban J connectivity index is 1.67. The molecular formula is C28H24N2O4S. The van der Waals surface area contributed by atoms with Gasteiger partial charge >= 0.3 is 5.97 Å². The van der Waals surface area contributed by atoms with Gasteiger partial charge in [-0.25, -0.2) is 4.79 Å². The molecule has 0 saturated heterocycles. The Kier molecular flexibility index (Phi) is 6.35. The number of carbonyl (C=O) groups excluding carboxylic acids is 2. The van der Waals surface area contributed by atoms with E-state index in [-0.39, 0.29) is 5.91 Å². The number of esters is 1. The number of hydrogen-bond donors (Lipinski definition) is 2. The van der Waals surface area contributed by atoms with Gasteiger partial charge in [0.2, 0.25) is 0 Å². The van der Waals surface area contributed by atoms with Crippen molar-refractivity contribution in [1.82, 2.24) is 0 Å². The second-order valence-corrected chi connectivity index (χ2v) is 9.08. The van der Waals surface area contributed by atoms with Gasteiger partial charge < -0.3 is 20.5 Å². The standard InChI is InChI=1S/C28H24N2O4S/c1-33-28(32)21-5-3-2-4-20(21)22-15-25-24(26-18(10-12-34-25)11-13-35-26)14-23(22)27(31)30-19-8-6-17(16-29)7-9-19/h2-9,11,13-15H,10,12,16,29H2,1H3,(H,30,31). The molecule has 4 aromatic rings. The maximum absolute atomic E-state index is 13.6. The number of benzene rings is 3. The molecule has 0 spiro atoms. The van der Waals surface area contributed by atoms with E-state index < -0.39 is 5.97 Å². The number of nitrogens with two attached hydrogens (primary N) is 1. The summed E-state index contributed by atoms with van der Waals surface area (Å²) in [5.74, 6) is -0.0734. The van der Waals surface area contributed by atoms with Crippen LogP contribution in [0.5, 0.6) is 5.75 Å². The fourth-order valence-electron chi connectivity index (χ4n) is 4.26. The van der Waals surface area contributed by atoms with E-state index in [1.807, 2.05) is 48.5 Å². The SMILES string of the molecule is COC(=O)c1ccccc1-c1cc2c(cc1C(=O)Nc1ccc(CN)cc1)-c1sccc1CCO2. The minimum Gasteiger partial charge on any atom is -0.493 e. The van der Waals surface area contributed by atoms with Crippen molar-refractivity contribution in [3.8, 4) is 27.3 Å². The van der Waals surface area contributed by atoms with Gasteiger partial charge in [-0.2, -0.15) is 0 Å². The molecule has 1 aliphatic heterocycles. The van der Waals surface area contributed by atoms with E-state index in [4.69, 9.17) is 15.2 Å². The van der Waals surface area contributed by atoms with Gasteiger partial charge in [0.25, 0.3) is 5.91 Å². The molecular weight excluding hydrogens is 460 g/mol. The number of fused-ring (bicyclic) bond motifs is 3. The summed E-state index contributed by atoms with van der Waals surface area (Å²) in [4.78, 5) is 27.3. The first-order chi connectivity index (χ1) is 17.1. The van der Waals surface area contributed by atoms with Gasteiger partial charge in [-0.1, -0.05) is 30.3 Å². The van der Waals surface area contributed by atoms with Gasteiger partial charge in [0.1, 0.15) is 5.75 Å². The largest absolute Gasteiger partial charge is 0.493 e. The summed E-state index contributed by atoms with van der Waals surface area (Å²) in [5.41, 5.74) is 11.4. The Hall–Kier alpha value is -3.94. The van der Waals surface area contributed by atoms with E-state index in [1.165, 1.54) is 12.7 Å². The number of nitrogens with one attached hydrogen (secondary N) is 1. The van der Waals surface area contributed by atoms with Crippen molar-refractivity contribution >= 4 is 28.9 Å². The Morgan fingerprint density at radius 3 is 2.57 bits per heavy atom. The Morgan fingerprint density at radius 1 is 1.00 bits per heavy atom. The number of ether oxygens (including phenoxy) is 2. The Bertz CT molecular complexity index is 1410. The van der Waals surface area contributed by atoms with Crippen LogP contribution < -0.4 is 15.8 Å². The summed E-state index contributed by atoms with van der Waals surface area (Å²) in [6.07, 6.45) is 0.788. The van der Waals surface area contributed by atoms with E-state index in [2.05, 4.69) is 16.8 Å². The molecule has 0 fully saturated rings. The third-order valence-electron chi connectivity index (χ3n) is 6.05. The number of amides is 1. The van der Waals surface area contributed by atoms with E-state index in [9.17, 15) is 9.59 Å². The lowest BCUT2D eigenvalue weighted by Crippen LogP contribution is -2.15. The van der Waals surface area contributed by atoms with Crippen molar-refractivity contribution in [3.05, 3.63) is 94.4 Å². The van der Waals surface area contributed by atoms with E-state index in [0.717, 1.165) is 22.4 Å². The van der Waals surface area contributed by atoms with Gasteiger partial charge in [0.05, 0.1) is 19.3 Å². The number of anilines is 1. The molecule has 35 heavy (non-hydrogen) atoms. The molecule has 0 radical (unpaired) electrons. The third kappa shape index (κ3) is 4.43. The zero-order chi connectivity index (χ0) is 24.4.